The van der Waals surface area contributed by atoms with Gasteiger partial charge in [-0.25, -0.2) is 9.59 Å². The number of carbonyl (C=O) groups excluding carboxylic acids is 1. The van der Waals surface area contributed by atoms with Crippen LogP contribution in [0.3, 0.4) is 0 Å². The van der Waals surface area contributed by atoms with E-state index in [1.54, 1.807) is 32.5 Å². The van der Waals surface area contributed by atoms with Gasteiger partial charge in [-0.15, -0.1) is 0 Å². The van der Waals surface area contributed by atoms with E-state index in [0.29, 0.717) is 5.56 Å². The fourth-order valence-corrected chi connectivity index (χ4v) is 2.08. The molecule has 0 aromatic carbocycles. The van der Waals surface area contributed by atoms with E-state index in [9.17, 15) is 14.7 Å². The summed E-state index contributed by atoms with van der Waals surface area (Å²) in [5.74, 6) is -1.09. The molecule has 7 nitrogen and oxygen atoms in total. The average molecular weight is 267 g/mol. The number of amides is 1. The van der Waals surface area contributed by atoms with E-state index in [0.717, 1.165) is 5.69 Å². The third kappa shape index (κ3) is 2.40. The van der Waals surface area contributed by atoms with E-state index in [1.165, 1.54) is 11.1 Å². The maximum absolute atomic E-state index is 12.1. The van der Waals surface area contributed by atoms with Crippen molar-refractivity contribution in [3.05, 3.63) is 17.5 Å². The molecule has 0 bridgehead atoms. The Morgan fingerprint density at radius 2 is 2.11 bits per heavy atom. The molecule has 1 unspecified atom stereocenters. The van der Waals surface area contributed by atoms with Crippen LogP contribution in [0.2, 0.25) is 0 Å². The number of ether oxygens (including phenoxy) is 1. The van der Waals surface area contributed by atoms with Gasteiger partial charge >= 0.3 is 12.1 Å². The van der Waals surface area contributed by atoms with E-state index in [4.69, 9.17) is 4.74 Å². The number of aromatic nitrogens is 2. The Bertz CT molecular complexity index is 530. The number of aliphatic carboxylic acids is 1. The third-order valence-electron chi connectivity index (χ3n) is 2.88. The van der Waals surface area contributed by atoms with Gasteiger partial charge in [-0.2, -0.15) is 5.10 Å². The van der Waals surface area contributed by atoms with Crippen molar-refractivity contribution in [1.29, 1.82) is 0 Å². The van der Waals surface area contributed by atoms with Crippen LogP contribution in [0.4, 0.5) is 4.79 Å². The number of carboxylic acids is 1. The maximum atomic E-state index is 12.1. The molecule has 0 saturated carbocycles. The standard InChI is InChI=1S/C12H17N3O4/c1-12(2,3)19-11(18)15-6-8-7(5-13-14(8)4)9(15)10(16)17/h5,9H,6H2,1-4H3,(H,16,17). The SMILES string of the molecule is Cn1ncc2c1CN(C(=O)OC(C)(C)C)C2C(=O)O. The average Bonchev–Trinajstić information content (AvgIpc) is 2.76. The molecule has 0 aliphatic carbocycles. The predicted molar refractivity (Wildman–Crippen MR) is 65.4 cm³/mol. The fraction of sp³-hybridized carbons (Fsp3) is 0.583. The lowest BCUT2D eigenvalue weighted by molar-refractivity contribution is -0.143. The lowest BCUT2D eigenvalue weighted by atomic mass is 10.1. The molecule has 0 spiro atoms. The van der Waals surface area contributed by atoms with Gasteiger partial charge < -0.3 is 9.84 Å². The quantitative estimate of drug-likeness (QED) is 0.829. The first-order chi connectivity index (χ1) is 8.70. The summed E-state index contributed by atoms with van der Waals surface area (Å²) in [7, 11) is 1.72. The number of nitrogens with zero attached hydrogens (tertiary/aromatic N) is 3. The number of aryl methyl sites for hydroxylation is 1. The van der Waals surface area contributed by atoms with Crippen molar-refractivity contribution < 1.29 is 19.4 Å². The highest BCUT2D eigenvalue weighted by Crippen LogP contribution is 2.34. The number of rotatable bonds is 1. The Kier molecular flexibility index (Phi) is 3.00. The minimum atomic E-state index is -1.09. The van der Waals surface area contributed by atoms with E-state index >= 15 is 0 Å². The first-order valence-electron chi connectivity index (χ1n) is 5.94. The van der Waals surface area contributed by atoms with Crippen LogP contribution in [0.5, 0.6) is 0 Å². The van der Waals surface area contributed by atoms with Crippen molar-refractivity contribution in [2.75, 3.05) is 0 Å². The number of carbonyl (C=O) groups is 2. The Labute approximate surface area is 110 Å². The van der Waals surface area contributed by atoms with Gasteiger partial charge in [0.25, 0.3) is 0 Å². The Balaban J connectivity index is 2.28. The molecule has 19 heavy (non-hydrogen) atoms. The lowest BCUT2D eigenvalue weighted by Crippen LogP contribution is -2.38. The molecular formula is C12H17N3O4. The minimum absolute atomic E-state index is 0.192. The molecule has 0 saturated heterocycles. The molecule has 1 amide bonds. The summed E-state index contributed by atoms with van der Waals surface area (Å²) < 4.78 is 6.82. The zero-order chi connectivity index (χ0) is 14.4. The first-order valence-corrected chi connectivity index (χ1v) is 5.94. The van der Waals surface area contributed by atoms with Gasteiger partial charge in [0.2, 0.25) is 0 Å². The fourth-order valence-electron chi connectivity index (χ4n) is 2.08. The molecule has 1 aromatic rings. The largest absolute Gasteiger partial charge is 0.479 e. The summed E-state index contributed by atoms with van der Waals surface area (Å²) in [5.41, 5.74) is 0.604. The van der Waals surface area contributed by atoms with Crippen molar-refractivity contribution in [2.45, 2.75) is 39.0 Å². The third-order valence-corrected chi connectivity index (χ3v) is 2.88. The smallest absolute Gasteiger partial charge is 0.411 e. The summed E-state index contributed by atoms with van der Waals surface area (Å²) in [6.07, 6.45) is 0.856. The molecule has 1 N–H and O–H groups in total. The van der Waals surface area contributed by atoms with Crippen molar-refractivity contribution in [1.82, 2.24) is 14.7 Å². The topological polar surface area (TPSA) is 84.7 Å². The van der Waals surface area contributed by atoms with Crippen LogP contribution >= 0.6 is 0 Å². The zero-order valence-corrected chi connectivity index (χ0v) is 11.4. The second-order valence-electron chi connectivity index (χ2n) is 5.52. The number of hydrogen-bond donors (Lipinski definition) is 1. The monoisotopic (exact) mass is 267 g/mol. The van der Waals surface area contributed by atoms with Gasteiger partial charge in [-0.3, -0.25) is 9.58 Å². The van der Waals surface area contributed by atoms with Crippen LogP contribution in [-0.2, 0) is 23.1 Å². The minimum Gasteiger partial charge on any atom is -0.479 e. The van der Waals surface area contributed by atoms with Gasteiger partial charge in [0.1, 0.15) is 5.60 Å². The highest BCUT2D eigenvalue weighted by Gasteiger charge is 2.42. The molecule has 0 radical (unpaired) electrons. The van der Waals surface area contributed by atoms with Crippen molar-refractivity contribution in [3.63, 3.8) is 0 Å². The van der Waals surface area contributed by atoms with Crippen molar-refractivity contribution in [2.24, 2.45) is 7.05 Å². The van der Waals surface area contributed by atoms with Gasteiger partial charge in [0, 0.05) is 12.6 Å². The molecule has 7 heteroatoms. The maximum Gasteiger partial charge on any atom is 0.411 e. The normalized spacial score (nSPS) is 18.3. The summed E-state index contributed by atoms with van der Waals surface area (Å²) in [6.45, 7) is 5.42. The lowest BCUT2D eigenvalue weighted by Gasteiger charge is -2.26. The van der Waals surface area contributed by atoms with Crippen LogP contribution in [-0.4, -0.2) is 37.5 Å². The van der Waals surface area contributed by atoms with E-state index < -0.39 is 23.7 Å². The molecule has 104 valence electrons. The number of fused-ring (bicyclic) bond motifs is 1. The molecular weight excluding hydrogens is 250 g/mol. The van der Waals surface area contributed by atoms with Crippen LogP contribution in [0.1, 0.15) is 38.1 Å². The Morgan fingerprint density at radius 3 is 2.63 bits per heavy atom. The second kappa shape index (κ2) is 4.25. The molecule has 1 atom stereocenters. The van der Waals surface area contributed by atoms with Crippen LogP contribution < -0.4 is 0 Å². The highest BCUT2D eigenvalue weighted by atomic mass is 16.6. The van der Waals surface area contributed by atoms with Gasteiger partial charge in [-0.1, -0.05) is 0 Å². The van der Waals surface area contributed by atoms with Crippen molar-refractivity contribution >= 4 is 12.1 Å². The van der Waals surface area contributed by atoms with E-state index in [-0.39, 0.29) is 6.54 Å². The van der Waals surface area contributed by atoms with Crippen LogP contribution in [0.25, 0.3) is 0 Å². The molecule has 2 rings (SSSR count). The summed E-state index contributed by atoms with van der Waals surface area (Å²) >= 11 is 0. The van der Waals surface area contributed by atoms with Gasteiger partial charge in [0.15, 0.2) is 6.04 Å². The summed E-state index contributed by atoms with van der Waals surface area (Å²) in [5, 5.41) is 13.3. The number of hydrogen-bond acceptors (Lipinski definition) is 4. The van der Waals surface area contributed by atoms with Crippen LogP contribution in [0.15, 0.2) is 6.20 Å². The first kappa shape index (κ1) is 13.4. The van der Waals surface area contributed by atoms with Crippen molar-refractivity contribution in [3.8, 4) is 0 Å². The van der Waals surface area contributed by atoms with Gasteiger partial charge in [0.05, 0.1) is 18.4 Å². The highest BCUT2D eigenvalue weighted by molar-refractivity contribution is 5.83. The Hall–Kier alpha value is -2.05. The molecule has 1 aliphatic rings. The Morgan fingerprint density at radius 1 is 1.47 bits per heavy atom. The van der Waals surface area contributed by atoms with E-state index in [2.05, 4.69) is 5.10 Å². The summed E-state index contributed by atoms with van der Waals surface area (Å²) in [6, 6.07) is -1.03. The molecule has 0 fully saturated rings. The molecule has 1 aromatic heterocycles. The van der Waals surface area contributed by atoms with Gasteiger partial charge in [-0.05, 0) is 20.8 Å². The zero-order valence-electron chi connectivity index (χ0n) is 11.4. The number of carboxylic acid groups (broad SMARTS) is 1. The van der Waals surface area contributed by atoms with Crippen LogP contribution in [0, 0.1) is 0 Å². The second-order valence-corrected chi connectivity index (χ2v) is 5.52. The van der Waals surface area contributed by atoms with E-state index in [1.807, 2.05) is 0 Å². The molecule has 1 aliphatic heterocycles. The molecule has 2 heterocycles. The summed E-state index contributed by atoms with van der Waals surface area (Å²) in [4.78, 5) is 24.6. The predicted octanol–water partition coefficient (Wildman–Crippen LogP) is 1.30.